The highest BCUT2D eigenvalue weighted by Gasteiger charge is 2.10. The van der Waals surface area contributed by atoms with Crippen molar-refractivity contribution >= 4 is 38.9 Å². The smallest absolute Gasteiger partial charge is 0.404 e. The number of aromatic nitrogens is 2. The van der Waals surface area contributed by atoms with Crippen LogP contribution in [-0.4, -0.2) is 33.8 Å². The summed E-state index contributed by atoms with van der Waals surface area (Å²) in [6.45, 7) is 4.04. The van der Waals surface area contributed by atoms with Gasteiger partial charge in [-0.3, -0.25) is 0 Å². The number of rotatable bonds is 4. The molecule has 0 radical (unpaired) electrons. The van der Waals surface area contributed by atoms with E-state index in [4.69, 9.17) is 5.11 Å². The van der Waals surface area contributed by atoms with Crippen molar-refractivity contribution in [2.24, 2.45) is 0 Å². The Labute approximate surface area is 124 Å². The third-order valence-electron chi connectivity index (χ3n) is 2.76. The van der Waals surface area contributed by atoms with E-state index in [0.717, 1.165) is 21.2 Å². The molecule has 7 heteroatoms. The largest absolute Gasteiger partial charge is 0.465 e. The molecule has 0 saturated carbocycles. The molecule has 106 valence electrons. The topological polar surface area (TPSA) is 87.1 Å². The molecule has 0 saturated heterocycles. The average Bonchev–Trinajstić information content (AvgIpc) is 2.38. The third-order valence-corrected chi connectivity index (χ3v) is 3.40. The molecule has 3 N–H and O–H groups in total. The molecule has 0 aliphatic carbocycles. The molecule has 0 bridgehead atoms. The number of hydrogen-bond donors (Lipinski definition) is 3. The van der Waals surface area contributed by atoms with E-state index < -0.39 is 6.09 Å². The number of aryl methyl sites for hydroxylation is 1. The van der Waals surface area contributed by atoms with Crippen LogP contribution in [0.1, 0.15) is 12.6 Å². The lowest BCUT2D eigenvalue weighted by Gasteiger charge is -2.16. The quantitative estimate of drug-likeness (QED) is 0.797. The fourth-order valence-electron chi connectivity index (χ4n) is 1.79. The van der Waals surface area contributed by atoms with E-state index in [1.165, 1.54) is 0 Å². The monoisotopic (exact) mass is 338 g/mol. The van der Waals surface area contributed by atoms with Gasteiger partial charge in [-0.2, -0.15) is 0 Å². The first-order valence-corrected chi connectivity index (χ1v) is 6.93. The summed E-state index contributed by atoms with van der Waals surface area (Å²) in [6, 6.07) is 5.64. The van der Waals surface area contributed by atoms with Crippen molar-refractivity contribution in [2.75, 3.05) is 11.9 Å². The van der Waals surface area contributed by atoms with Gasteiger partial charge in [0, 0.05) is 17.1 Å². The number of anilines is 1. The predicted octanol–water partition coefficient (Wildman–Crippen LogP) is 2.77. The molecule has 0 spiro atoms. The van der Waals surface area contributed by atoms with Crippen LogP contribution < -0.4 is 10.6 Å². The van der Waals surface area contributed by atoms with Gasteiger partial charge in [-0.1, -0.05) is 6.07 Å². The van der Waals surface area contributed by atoms with Crippen molar-refractivity contribution in [3.8, 4) is 0 Å². The van der Waals surface area contributed by atoms with Gasteiger partial charge in [-0.05, 0) is 41.9 Å². The van der Waals surface area contributed by atoms with Crippen LogP contribution in [0, 0.1) is 6.92 Å². The van der Waals surface area contributed by atoms with Crippen LogP contribution in [0.4, 0.5) is 10.6 Å². The zero-order valence-corrected chi connectivity index (χ0v) is 12.7. The Kier molecular flexibility index (Phi) is 4.39. The summed E-state index contributed by atoms with van der Waals surface area (Å²) in [5, 5.41) is 14.1. The lowest BCUT2D eigenvalue weighted by atomic mass is 10.2. The number of hydrogen-bond acceptors (Lipinski definition) is 4. The van der Waals surface area contributed by atoms with Gasteiger partial charge in [0.05, 0.1) is 11.2 Å². The Morgan fingerprint density at radius 3 is 2.90 bits per heavy atom. The minimum atomic E-state index is -1.04. The molecule has 0 fully saturated rings. The van der Waals surface area contributed by atoms with Crippen LogP contribution in [0.5, 0.6) is 0 Å². The number of halogens is 1. The first-order valence-electron chi connectivity index (χ1n) is 6.13. The van der Waals surface area contributed by atoms with Gasteiger partial charge in [-0.15, -0.1) is 0 Å². The van der Waals surface area contributed by atoms with Crippen molar-refractivity contribution in [3.05, 3.63) is 28.4 Å². The first-order chi connectivity index (χ1) is 9.47. The van der Waals surface area contributed by atoms with Crippen LogP contribution in [0.3, 0.4) is 0 Å². The molecule has 2 rings (SSSR count). The number of nitrogens with zero attached hydrogens (tertiary/aromatic N) is 2. The van der Waals surface area contributed by atoms with E-state index in [1.54, 1.807) is 0 Å². The Morgan fingerprint density at radius 1 is 1.45 bits per heavy atom. The minimum absolute atomic E-state index is 0.0842. The van der Waals surface area contributed by atoms with Crippen LogP contribution in [-0.2, 0) is 0 Å². The van der Waals surface area contributed by atoms with Crippen molar-refractivity contribution in [1.82, 2.24) is 15.3 Å². The third kappa shape index (κ3) is 3.36. The molecule has 20 heavy (non-hydrogen) atoms. The van der Waals surface area contributed by atoms with E-state index in [0.29, 0.717) is 12.4 Å². The standard InChI is InChI=1S/C13H15BrN4O2/c1-7(6-15-13(19)20)16-12-8(2)17-10-5-3-4-9(14)11(10)18-12/h3-5,7,15H,6H2,1-2H3,(H,16,18)(H,19,20). The summed E-state index contributed by atoms with van der Waals surface area (Å²) in [5.74, 6) is 0.657. The molecule has 1 unspecified atom stereocenters. The van der Waals surface area contributed by atoms with E-state index in [2.05, 4.69) is 36.5 Å². The Morgan fingerprint density at radius 2 is 2.20 bits per heavy atom. The van der Waals surface area contributed by atoms with Gasteiger partial charge in [0.1, 0.15) is 11.3 Å². The highest BCUT2D eigenvalue weighted by atomic mass is 79.9. The van der Waals surface area contributed by atoms with Crippen LogP contribution >= 0.6 is 15.9 Å². The zero-order chi connectivity index (χ0) is 14.7. The SMILES string of the molecule is Cc1nc2cccc(Br)c2nc1NC(C)CNC(=O)O. The second-order valence-electron chi connectivity index (χ2n) is 4.50. The molecule has 0 aliphatic heterocycles. The Bertz CT molecular complexity index is 648. The van der Waals surface area contributed by atoms with E-state index in [1.807, 2.05) is 32.0 Å². The molecule has 1 atom stereocenters. The summed E-state index contributed by atoms with van der Waals surface area (Å²) in [6.07, 6.45) is -1.04. The molecule has 1 heterocycles. The molecule has 1 amide bonds. The van der Waals surface area contributed by atoms with Crippen LogP contribution in [0.15, 0.2) is 22.7 Å². The average molecular weight is 339 g/mol. The summed E-state index contributed by atoms with van der Waals surface area (Å²) in [7, 11) is 0. The Hall–Kier alpha value is -1.89. The molecular weight excluding hydrogens is 324 g/mol. The number of para-hydroxylation sites is 1. The predicted molar refractivity (Wildman–Crippen MR) is 81.1 cm³/mol. The lowest BCUT2D eigenvalue weighted by Crippen LogP contribution is -2.34. The van der Waals surface area contributed by atoms with Gasteiger partial charge in [-0.25, -0.2) is 14.8 Å². The number of carboxylic acid groups (broad SMARTS) is 1. The van der Waals surface area contributed by atoms with Crippen molar-refractivity contribution in [3.63, 3.8) is 0 Å². The van der Waals surface area contributed by atoms with Crippen LogP contribution in [0.2, 0.25) is 0 Å². The van der Waals surface area contributed by atoms with Crippen molar-refractivity contribution in [1.29, 1.82) is 0 Å². The van der Waals surface area contributed by atoms with Gasteiger partial charge in [0.15, 0.2) is 0 Å². The molecule has 2 aromatic rings. The van der Waals surface area contributed by atoms with Gasteiger partial charge < -0.3 is 15.7 Å². The van der Waals surface area contributed by atoms with Gasteiger partial charge in [0.2, 0.25) is 0 Å². The highest BCUT2D eigenvalue weighted by Crippen LogP contribution is 2.23. The number of nitrogens with one attached hydrogen (secondary N) is 2. The summed E-state index contributed by atoms with van der Waals surface area (Å²) >= 11 is 3.45. The lowest BCUT2D eigenvalue weighted by molar-refractivity contribution is 0.194. The molecular formula is C13H15BrN4O2. The number of carbonyl (C=O) groups is 1. The van der Waals surface area contributed by atoms with Gasteiger partial charge in [0.25, 0.3) is 0 Å². The molecule has 1 aromatic carbocycles. The van der Waals surface area contributed by atoms with Crippen molar-refractivity contribution < 1.29 is 9.90 Å². The van der Waals surface area contributed by atoms with Crippen molar-refractivity contribution in [2.45, 2.75) is 19.9 Å². The normalized spacial score (nSPS) is 12.2. The van der Waals surface area contributed by atoms with E-state index in [9.17, 15) is 4.79 Å². The maximum atomic E-state index is 10.5. The summed E-state index contributed by atoms with van der Waals surface area (Å²) < 4.78 is 0.877. The second kappa shape index (κ2) is 6.04. The Balaban J connectivity index is 2.23. The van der Waals surface area contributed by atoms with E-state index in [-0.39, 0.29) is 6.04 Å². The second-order valence-corrected chi connectivity index (χ2v) is 5.35. The number of benzene rings is 1. The minimum Gasteiger partial charge on any atom is -0.465 e. The highest BCUT2D eigenvalue weighted by molar-refractivity contribution is 9.10. The number of amides is 1. The van der Waals surface area contributed by atoms with Gasteiger partial charge >= 0.3 is 6.09 Å². The molecule has 0 aliphatic rings. The fraction of sp³-hybridized carbons (Fsp3) is 0.308. The molecule has 1 aromatic heterocycles. The number of fused-ring (bicyclic) bond motifs is 1. The molecule has 6 nitrogen and oxygen atoms in total. The van der Waals surface area contributed by atoms with Crippen LogP contribution in [0.25, 0.3) is 11.0 Å². The maximum Gasteiger partial charge on any atom is 0.404 e. The first kappa shape index (κ1) is 14.5. The summed E-state index contributed by atoms with van der Waals surface area (Å²) in [5.41, 5.74) is 2.37. The fourth-order valence-corrected chi connectivity index (χ4v) is 2.24. The van der Waals surface area contributed by atoms with E-state index >= 15 is 0 Å². The maximum absolute atomic E-state index is 10.5. The zero-order valence-electron chi connectivity index (χ0n) is 11.1. The summed E-state index contributed by atoms with van der Waals surface area (Å²) in [4.78, 5) is 19.5.